The third kappa shape index (κ3) is 3.68. The summed E-state index contributed by atoms with van der Waals surface area (Å²) in [4.78, 5) is 0. The van der Waals surface area contributed by atoms with Crippen LogP contribution in [-0.2, 0) is 16.0 Å². The highest BCUT2D eigenvalue weighted by molar-refractivity contribution is 5.32. The molecule has 1 unspecified atom stereocenters. The van der Waals surface area contributed by atoms with Crippen LogP contribution in [0, 0.1) is 0 Å². The summed E-state index contributed by atoms with van der Waals surface area (Å²) >= 11 is 0. The lowest BCUT2D eigenvalue weighted by molar-refractivity contribution is -0.145. The predicted octanol–water partition coefficient (Wildman–Crippen LogP) is 0.300. The minimum atomic E-state index is -0.642. The molecule has 2 rings (SSSR count). The molecule has 0 amide bonds. The zero-order valence-corrected chi connectivity index (χ0v) is 10.2. The van der Waals surface area contributed by atoms with Gasteiger partial charge in [-0.1, -0.05) is 18.2 Å². The van der Waals surface area contributed by atoms with Crippen LogP contribution in [0.25, 0.3) is 0 Å². The molecule has 1 aromatic carbocycles. The number of aliphatic hydroxyl groups excluding tert-OH is 1. The van der Waals surface area contributed by atoms with Crippen LogP contribution >= 0.6 is 0 Å². The van der Waals surface area contributed by atoms with Crippen molar-refractivity contribution in [3.05, 3.63) is 29.8 Å². The van der Waals surface area contributed by atoms with Gasteiger partial charge in [0.1, 0.15) is 24.6 Å². The number of rotatable bonds is 7. The van der Waals surface area contributed by atoms with Crippen LogP contribution in [0.5, 0.6) is 5.75 Å². The molecule has 1 aliphatic rings. The van der Waals surface area contributed by atoms with E-state index in [4.69, 9.17) is 19.9 Å². The van der Waals surface area contributed by atoms with Gasteiger partial charge < -0.3 is 25.1 Å². The molecule has 5 heteroatoms. The highest BCUT2D eigenvalue weighted by atomic mass is 16.6. The van der Waals surface area contributed by atoms with Crippen molar-refractivity contribution in [2.45, 2.75) is 18.8 Å². The van der Waals surface area contributed by atoms with E-state index in [-0.39, 0.29) is 19.3 Å². The molecule has 1 aromatic rings. The summed E-state index contributed by atoms with van der Waals surface area (Å²) in [7, 11) is 0. The number of hydrogen-bond donors (Lipinski definition) is 2. The zero-order chi connectivity index (χ0) is 12.8. The Morgan fingerprint density at radius 3 is 2.78 bits per heavy atom. The summed E-state index contributed by atoms with van der Waals surface area (Å²) in [5, 5.41) is 9.72. The van der Waals surface area contributed by atoms with Gasteiger partial charge in [0.2, 0.25) is 0 Å². The van der Waals surface area contributed by atoms with E-state index >= 15 is 0 Å². The SMILES string of the molecule is NCc1ccccc1OCC(O)COC1COC1. The van der Waals surface area contributed by atoms with E-state index in [1.807, 2.05) is 24.3 Å². The van der Waals surface area contributed by atoms with E-state index in [0.29, 0.717) is 25.5 Å². The van der Waals surface area contributed by atoms with Gasteiger partial charge >= 0.3 is 0 Å². The van der Waals surface area contributed by atoms with Gasteiger partial charge in [0.25, 0.3) is 0 Å². The summed E-state index contributed by atoms with van der Waals surface area (Å²) in [5.41, 5.74) is 6.53. The molecule has 0 radical (unpaired) electrons. The fraction of sp³-hybridized carbons (Fsp3) is 0.538. The lowest BCUT2D eigenvalue weighted by Crippen LogP contribution is -2.38. The van der Waals surface area contributed by atoms with Gasteiger partial charge in [-0.2, -0.15) is 0 Å². The molecule has 1 aliphatic heterocycles. The zero-order valence-electron chi connectivity index (χ0n) is 10.2. The molecule has 0 aliphatic carbocycles. The van der Waals surface area contributed by atoms with Gasteiger partial charge in [-0.05, 0) is 6.07 Å². The fourth-order valence-electron chi connectivity index (χ4n) is 1.60. The van der Waals surface area contributed by atoms with Crippen molar-refractivity contribution < 1.29 is 19.3 Å². The van der Waals surface area contributed by atoms with Crippen LogP contribution in [0.1, 0.15) is 5.56 Å². The maximum Gasteiger partial charge on any atom is 0.123 e. The van der Waals surface area contributed by atoms with Crippen molar-refractivity contribution in [2.75, 3.05) is 26.4 Å². The summed E-state index contributed by atoms with van der Waals surface area (Å²) in [6, 6.07) is 7.54. The van der Waals surface area contributed by atoms with Crippen molar-refractivity contribution in [1.29, 1.82) is 0 Å². The number of ether oxygens (including phenoxy) is 3. The number of nitrogens with two attached hydrogens (primary N) is 1. The van der Waals surface area contributed by atoms with Gasteiger partial charge in [-0.15, -0.1) is 0 Å². The standard InChI is InChI=1S/C13H19NO4/c14-5-10-3-1-2-4-13(10)18-7-11(15)6-17-12-8-16-9-12/h1-4,11-12,15H,5-9,14H2. The summed E-state index contributed by atoms with van der Waals surface area (Å²) < 4.78 is 15.9. The molecular formula is C13H19NO4. The lowest BCUT2D eigenvalue weighted by atomic mass is 10.2. The predicted molar refractivity (Wildman–Crippen MR) is 66.4 cm³/mol. The molecule has 0 bridgehead atoms. The van der Waals surface area contributed by atoms with E-state index in [1.54, 1.807) is 0 Å². The first-order valence-corrected chi connectivity index (χ1v) is 6.07. The van der Waals surface area contributed by atoms with Gasteiger partial charge in [0, 0.05) is 12.1 Å². The van der Waals surface area contributed by atoms with E-state index < -0.39 is 6.10 Å². The Morgan fingerprint density at radius 2 is 2.11 bits per heavy atom. The topological polar surface area (TPSA) is 73.9 Å². The number of hydrogen-bond acceptors (Lipinski definition) is 5. The molecule has 0 aromatic heterocycles. The van der Waals surface area contributed by atoms with Crippen LogP contribution in [0.2, 0.25) is 0 Å². The van der Waals surface area contributed by atoms with Crippen molar-refractivity contribution in [3.63, 3.8) is 0 Å². The highest BCUT2D eigenvalue weighted by Gasteiger charge is 2.20. The smallest absolute Gasteiger partial charge is 0.123 e. The minimum Gasteiger partial charge on any atom is -0.490 e. The summed E-state index contributed by atoms with van der Waals surface area (Å²) in [6.07, 6.45) is -0.521. The molecule has 1 heterocycles. The summed E-state index contributed by atoms with van der Waals surface area (Å²) in [6.45, 7) is 2.11. The average molecular weight is 253 g/mol. The second-order valence-electron chi connectivity index (χ2n) is 4.27. The molecule has 1 atom stereocenters. The van der Waals surface area contributed by atoms with E-state index in [9.17, 15) is 5.11 Å². The Labute approximate surface area is 106 Å². The molecule has 3 N–H and O–H groups in total. The maximum absolute atomic E-state index is 9.72. The second-order valence-corrected chi connectivity index (χ2v) is 4.27. The molecule has 100 valence electrons. The van der Waals surface area contributed by atoms with E-state index in [1.165, 1.54) is 0 Å². The van der Waals surface area contributed by atoms with E-state index in [0.717, 1.165) is 5.56 Å². The monoisotopic (exact) mass is 253 g/mol. The average Bonchev–Trinajstić information content (AvgIpc) is 2.35. The molecule has 5 nitrogen and oxygen atoms in total. The van der Waals surface area contributed by atoms with Gasteiger partial charge in [0.05, 0.1) is 19.8 Å². The Kier molecular flexibility index (Phi) is 4.95. The first-order valence-electron chi connectivity index (χ1n) is 6.07. The molecular weight excluding hydrogens is 234 g/mol. The second kappa shape index (κ2) is 6.70. The normalized spacial score (nSPS) is 17.2. The van der Waals surface area contributed by atoms with Crippen LogP contribution in [0.15, 0.2) is 24.3 Å². The number of para-hydroxylation sites is 1. The van der Waals surface area contributed by atoms with Gasteiger partial charge in [0.15, 0.2) is 0 Å². The lowest BCUT2D eigenvalue weighted by Gasteiger charge is -2.27. The van der Waals surface area contributed by atoms with Crippen LogP contribution < -0.4 is 10.5 Å². The molecule has 1 fully saturated rings. The van der Waals surface area contributed by atoms with Crippen LogP contribution in [-0.4, -0.2) is 43.7 Å². The third-order valence-corrected chi connectivity index (χ3v) is 2.76. The Morgan fingerprint density at radius 1 is 1.33 bits per heavy atom. The Hall–Kier alpha value is -1.14. The van der Waals surface area contributed by atoms with Gasteiger partial charge in [-0.3, -0.25) is 0 Å². The van der Waals surface area contributed by atoms with Crippen LogP contribution in [0.3, 0.4) is 0 Å². The summed E-state index contributed by atoms with van der Waals surface area (Å²) in [5.74, 6) is 0.714. The minimum absolute atomic E-state index is 0.121. The first kappa shape index (κ1) is 13.3. The first-order chi connectivity index (χ1) is 8.79. The Bertz CT molecular complexity index is 368. The number of benzene rings is 1. The number of aliphatic hydroxyl groups is 1. The molecule has 0 saturated carbocycles. The quantitative estimate of drug-likeness (QED) is 0.731. The van der Waals surface area contributed by atoms with Gasteiger partial charge in [-0.25, -0.2) is 0 Å². The Balaban J connectivity index is 1.72. The molecule has 0 spiro atoms. The van der Waals surface area contributed by atoms with Crippen LogP contribution in [0.4, 0.5) is 0 Å². The third-order valence-electron chi connectivity index (χ3n) is 2.76. The van der Waals surface area contributed by atoms with Crippen molar-refractivity contribution in [3.8, 4) is 5.75 Å². The largest absolute Gasteiger partial charge is 0.490 e. The molecule has 18 heavy (non-hydrogen) atoms. The van der Waals surface area contributed by atoms with Crippen molar-refractivity contribution in [1.82, 2.24) is 0 Å². The van der Waals surface area contributed by atoms with Crippen molar-refractivity contribution >= 4 is 0 Å². The molecule has 1 saturated heterocycles. The fourth-order valence-corrected chi connectivity index (χ4v) is 1.60. The maximum atomic E-state index is 9.72. The highest BCUT2D eigenvalue weighted by Crippen LogP contribution is 2.17. The van der Waals surface area contributed by atoms with E-state index in [2.05, 4.69) is 0 Å². The van der Waals surface area contributed by atoms with Crippen molar-refractivity contribution in [2.24, 2.45) is 5.73 Å².